The van der Waals surface area contributed by atoms with Crippen LogP contribution in [-0.4, -0.2) is 15.0 Å². The maximum atomic E-state index is 13.1. The van der Waals surface area contributed by atoms with Gasteiger partial charge in [-0.05, 0) is 37.3 Å². The third-order valence-electron chi connectivity index (χ3n) is 2.57. The third kappa shape index (κ3) is 3.75. The SMILES string of the molecule is CCOc1ccc(Br)cc1S(=O)(=O)Oc1ccc(F)c(F)c1. The zero-order chi connectivity index (χ0) is 16.3. The Morgan fingerprint density at radius 1 is 1.09 bits per heavy atom. The fraction of sp³-hybridized carbons (Fsp3) is 0.143. The second-order valence-electron chi connectivity index (χ2n) is 4.14. The molecular weight excluding hydrogens is 382 g/mol. The number of rotatable bonds is 5. The van der Waals surface area contributed by atoms with E-state index in [1.807, 2.05) is 0 Å². The first-order chi connectivity index (χ1) is 10.3. The Bertz CT molecular complexity index is 793. The van der Waals surface area contributed by atoms with Gasteiger partial charge in [-0.15, -0.1) is 0 Å². The van der Waals surface area contributed by atoms with Crippen LogP contribution in [0.25, 0.3) is 0 Å². The summed E-state index contributed by atoms with van der Waals surface area (Å²) in [6.45, 7) is 1.96. The topological polar surface area (TPSA) is 52.6 Å². The van der Waals surface area contributed by atoms with Gasteiger partial charge in [0.2, 0.25) is 0 Å². The average Bonchev–Trinajstić information content (AvgIpc) is 2.45. The maximum Gasteiger partial charge on any atom is 0.342 e. The quantitative estimate of drug-likeness (QED) is 0.724. The molecule has 0 unspecified atom stereocenters. The van der Waals surface area contributed by atoms with Gasteiger partial charge in [0, 0.05) is 10.5 Å². The van der Waals surface area contributed by atoms with Crippen LogP contribution in [0.15, 0.2) is 45.8 Å². The summed E-state index contributed by atoms with van der Waals surface area (Å²) >= 11 is 3.16. The highest BCUT2D eigenvalue weighted by atomic mass is 79.9. The van der Waals surface area contributed by atoms with Crippen LogP contribution < -0.4 is 8.92 Å². The van der Waals surface area contributed by atoms with E-state index in [-0.39, 0.29) is 23.0 Å². The van der Waals surface area contributed by atoms with E-state index in [0.717, 1.165) is 12.1 Å². The van der Waals surface area contributed by atoms with Crippen molar-refractivity contribution in [2.24, 2.45) is 0 Å². The van der Waals surface area contributed by atoms with Gasteiger partial charge in [0.25, 0.3) is 0 Å². The van der Waals surface area contributed by atoms with E-state index in [2.05, 4.69) is 15.9 Å². The van der Waals surface area contributed by atoms with Crippen LogP contribution in [-0.2, 0) is 10.1 Å². The molecule has 2 aromatic rings. The molecular formula is C14H11BrF2O4S. The molecule has 0 saturated carbocycles. The number of hydrogen-bond acceptors (Lipinski definition) is 4. The van der Waals surface area contributed by atoms with E-state index in [9.17, 15) is 17.2 Å². The molecule has 0 bridgehead atoms. The van der Waals surface area contributed by atoms with Crippen molar-refractivity contribution in [3.63, 3.8) is 0 Å². The summed E-state index contributed by atoms with van der Waals surface area (Å²) in [5.41, 5.74) is 0. The standard InChI is InChI=1S/C14H11BrF2O4S/c1-2-20-13-6-3-9(15)7-14(13)22(18,19)21-10-4-5-11(16)12(17)8-10/h3-8H,2H2,1H3. The summed E-state index contributed by atoms with van der Waals surface area (Å²) < 4.78 is 61.2. The van der Waals surface area contributed by atoms with Gasteiger partial charge < -0.3 is 8.92 Å². The van der Waals surface area contributed by atoms with Crippen molar-refractivity contribution in [1.29, 1.82) is 0 Å². The van der Waals surface area contributed by atoms with E-state index >= 15 is 0 Å². The van der Waals surface area contributed by atoms with Crippen LogP contribution in [0.2, 0.25) is 0 Å². The zero-order valence-electron chi connectivity index (χ0n) is 11.3. The van der Waals surface area contributed by atoms with Crippen molar-refractivity contribution < 1.29 is 26.1 Å². The van der Waals surface area contributed by atoms with Crippen LogP contribution in [0.1, 0.15) is 6.92 Å². The van der Waals surface area contributed by atoms with Crippen LogP contribution in [0.5, 0.6) is 11.5 Å². The molecule has 0 radical (unpaired) electrons. The van der Waals surface area contributed by atoms with Crippen LogP contribution in [0.4, 0.5) is 8.78 Å². The molecule has 2 aromatic carbocycles. The van der Waals surface area contributed by atoms with E-state index < -0.39 is 21.8 Å². The van der Waals surface area contributed by atoms with Gasteiger partial charge in [0.05, 0.1) is 6.61 Å². The minimum atomic E-state index is -4.26. The molecule has 2 rings (SSSR count). The largest absolute Gasteiger partial charge is 0.492 e. The number of halogens is 3. The summed E-state index contributed by atoms with van der Waals surface area (Å²) in [5, 5.41) is 0. The van der Waals surface area contributed by atoms with Crippen LogP contribution >= 0.6 is 15.9 Å². The predicted molar refractivity (Wildman–Crippen MR) is 79.5 cm³/mol. The summed E-state index contributed by atoms with van der Waals surface area (Å²) in [6.07, 6.45) is 0. The normalized spacial score (nSPS) is 11.3. The first-order valence-corrected chi connectivity index (χ1v) is 8.35. The Morgan fingerprint density at radius 2 is 1.82 bits per heavy atom. The molecule has 4 nitrogen and oxygen atoms in total. The molecule has 0 heterocycles. The third-order valence-corrected chi connectivity index (χ3v) is 4.33. The Hall–Kier alpha value is -1.67. The number of hydrogen-bond donors (Lipinski definition) is 0. The minimum Gasteiger partial charge on any atom is -0.492 e. The molecule has 0 amide bonds. The van der Waals surface area contributed by atoms with Crippen molar-refractivity contribution >= 4 is 26.0 Å². The predicted octanol–water partition coefficient (Wildman–Crippen LogP) is 3.89. The highest BCUT2D eigenvalue weighted by Gasteiger charge is 2.23. The Morgan fingerprint density at radius 3 is 2.45 bits per heavy atom. The highest BCUT2D eigenvalue weighted by Crippen LogP contribution is 2.30. The van der Waals surface area contributed by atoms with Gasteiger partial charge in [-0.25, -0.2) is 8.78 Å². The highest BCUT2D eigenvalue weighted by molar-refractivity contribution is 9.10. The van der Waals surface area contributed by atoms with Gasteiger partial charge in [-0.3, -0.25) is 0 Å². The van der Waals surface area contributed by atoms with E-state index in [0.29, 0.717) is 10.5 Å². The Labute approximate surface area is 134 Å². The summed E-state index contributed by atoms with van der Waals surface area (Å²) in [6, 6.07) is 6.85. The summed E-state index contributed by atoms with van der Waals surface area (Å²) in [7, 11) is -4.26. The van der Waals surface area contributed by atoms with Crippen molar-refractivity contribution in [1.82, 2.24) is 0 Å². The second-order valence-corrected chi connectivity index (χ2v) is 6.57. The Kier molecular flexibility index (Phi) is 5.02. The van der Waals surface area contributed by atoms with Crippen molar-refractivity contribution in [3.8, 4) is 11.5 Å². The zero-order valence-corrected chi connectivity index (χ0v) is 13.7. The fourth-order valence-electron chi connectivity index (χ4n) is 1.65. The smallest absolute Gasteiger partial charge is 0.342 e. The van der Waals surface area contributed by atoms with E-state index in [4.69, 9.17) is 8.92 Å². The number of benzene rings is 2. The van der Waals surface area contributed by atoms with Gasteiger partial charge in [-0.1, -0.05) is 15.9 Å². The van der Waals surface area contributed by atoms with Gasteiger partial charge in [-0.2, -0.15) is 8.42 Å². The lowest BCUT2D eigenvalue weighted by atomic mass is 10.3. The lowest BCUT2D eigenvalue weighted by molar-refractivity contribution is 0.329. The molecule has 0 fully saturated rings. The molecule has 0 aromatic heterocycles. The maximum absolute atomic E-state index is 13.1. The Balaban J connectivity index is 2.41. The molecule has 0 aliphatic rings. The molecule has 0 spiro atoms. The monoisotopic (exact) mass is 392 g/mol. The number of ether oxygens (including phenoxy) is 1. The molecule has 0 atom stereocenters. The van der Waals surface area contributed by atoms with Crippen molar-refractivity contribution in [2.75, 3.05) is 6.61 Å². The van der Waals surface area contributed by atoms with Crippen LogP contribution in [0.3, 0.4) is 0 Å². The van der Waals surface area contributed by atoms with E-state index in [1.54, 1.807) is 13.0 Å². The minimum absolute atomic E-state index is 0.105. The second kappa shape index (κ2) is 6.62. The molecule has 0 N–H and O–H groups in total. The van der Waals surface area contributed by atoms with Crippen molar-refractivity contribution in [3.05, 3.63) is 52.5 Å². The molecule has 0 saturated heterocycles. The van der Waals surface area contributed by atoms with E-state index in [1.165, 1.54) is 12.1 Å². The molecule has 0 aliphatic carbocycles. The van der Waals surface area contributed by atoms with Gasteiger partial charge in [0.15, 0.2) is 11.6 Å². The molecule has 0 aliphatic heterocycles. The molecule has 22 heavy (non-hydrogen) atoms. The first-order valence-electron chi connectivity index (χ1n) is 6.15. The van der Waals surface area contributed by atoms with Crippen LogP contribution in [0, 0.1) is 11.6 Å². The molecule has 118 valence electrons. The van der Waals surface area contributed by atoms with Gasteiger partial charge in [0.1, 0.15) is 16.4 Å². The lowest BCUT2D eigenvalue weighted by Gasteiger charge is -2.12. The summed E-state index contributed by atoms with van der Waals surface area (Å²) in [4.78, 5) is -0.214. The average molecular weight is 393 g/mol. The van der Waals surface area contributed by atoms with Gasteiger partial charge >= 0.3 is 10.1 Å². The lowest BCUT2D eigenvalue weighted by Crippen LogP contribution is -2.12. The first kappa shape index (κ1) is 16.7. The summed E-state index contributed by atoms with van der Waals surface area (Å²) in [5.74, 6) is -2.52. The van der Waals surface area contributed by atoms with Crippen molar-refractivity contribution in [2.45, 2.75) is 11.8 Å². The fourth-order valence-corrected chi connectivity index (χ4v) is 3.26. The molecule has 8 heteroatoms.